The number of ether oxygens (including phenoxy) is 2. The highest BCUT2D eigenvalue weighted by molar-refractivity contribution is 7.47. The molecule has 0 saturated carbocycles. The number of carbonyl (C=O) groups excluding carboxylic acids is 2. The predicted octanol–water partition coefficient (Wildman–Crippen LogP) is 11.4. The molecule has 304 valence electrons. The molecular formula is C42H79NO8P+. The molecule has 52 heavy (non-hydrogen) atoms. The molecule has 0 heterocycles. The van der Waals surface area contributed by atoms with Crippen LogP contribution in [0.25, 0.3) is 0 Å². The van der Waals surface area contributed by atoms with Crippen LogP contribution in [-0.2, 0) is 32.7 Å². The van der Waals surface area contributed by atoms with Crippen LogP contribution in [0.4, 0.5) is 0 Å². The summed E-state index contributed by atoms with van der Waals surface area (Å²) >= 11 is 0. The van der Waals surface area contributed by atoms with Gasteiger partial charge in [0.2, 0.25) is 0 Å². The summed E-state index contributed by atoms with van der Waals surface area (Å²) in [5.41, 5.74) is 0. The minimum absolute atomic E-state index is 0.0138. The van der Waals surface area contributed by atoms with Gasteiger partial charge in [0.05, 0.1) is 27.7 Å². The van der Waals surface area contributed by atoms with E-state index < -0.39 is 32.5 Å². The lowest BCUT2D eigenvalue weighted by Gasteiger charge is -2.24. The summed E-state index contributed by atoms with van der Waals surface area (Å²) in [6.45, 7) is 4.26. The molecule has 0 fully saturated rings. The summed E-state index contributed by atoms with van der Waals surface area (Å²) in [6, 6.07) is 0. The number of phosphoric ester groups is 1. The number of unbranched alkanes of at least 4 members (excludes halogenated alkanes) is 20. The Morgan fingerprint density at radius 1 is 0.635 bits per heavy atom. The van der Waals surface area contributed by atoms with Crippen molar-refractivity contribution < 1.29 is 42.1 Å². The van der Waals surface area contributed by atoms with Gasteiger partial charge in [0, 0.05) is 12.5 Å². The summed E-state index contributed by atoms with van der Waals surface area (Å²) in [5, 5.41) is 0. The van der Waals surface area contributed by atoms with Gasteiger partial charge < -0.3 is 18.9 Å². The second-order valence-electron chi connectivity index (χ2n) is 15.1. The van der Waals surface area contributed by atoms with Crippen LogP contribution in [-0.4, -0.2) is 74.9 Å². The number of hydrogen-bond donors (Lipinski definition) is 1. The Hall–Kier alpha value is -1.77. The summed E-state index contributed by atoms with van der Waals surface area (Å²) in [4.78, 5) is 35.1. The Balaban J connectivity index is 4.53. The number of esters is 2. The molecule has 0 bridgehead atoms. The number of hydrogen-bond acceptors (Lipinski definition) is 7. The maximum absolute atomic E-state index is 12.5. The molecule has 0 aliphatic carbocycles. The molecule has 10 heteroatoms. The van der Waals surface area contributed by atoms with Gasteiger partial charge in [-0.25, -0.2) is 9.36 Å². The lowest BCUT2D eigenvalue weighted by molar-refractivity contribution is -0.870. The van der Waals surface area contributed by atoms with Crippen LogP contribution in [0, 0.1) is 0 Å². The van der Waals surface area contributed by atoms with E-state index in [4.69, 9.17) is 18.5 Å². The third kappa shape index (κ3) is 38.0. The molecule has 0 aromatic rings. The monoisotopic (exact) mass is 757 g/mol. The SMILES string of the molecule is CCCCCCCC/C=C/CCCCCC(=O)OC[C@H](COP(=O)(O)OCC[N+](C)(C)C)OC(=O)/C=C/C=C/CCCCCCCCCCCCC. The molecule has 0 aromatic carbocycles. The van der Waals surface area contributed by atoms with E-state index in [1.54, 1.807) is 6.08 Å². The number of likely N-dealkylation sites (N-methyl/N-ethyl adjacent to an activating group) is 1. The molecule has 9 nitrogen and oxygen atoms in total. The van der Waals surface area contributed by atoms with E-state index in [2.05, 4.69) is 26.0 Å². The Kier molecular flexibility index (Phi) is 33.8. The van der Waals surface area contributed by atoms with Gasteiger partial charge in [-0.2, -0.15) is 0 Å². The van der Waals surface area contributed by atoms with Crippen molar-refractivity contribution in [2.75, 3.05) is 47.5 Å². The average molecular weight is 757 g/mol. The van der Waals surface area contributed by atoms with E-state index in [9.17, 15) is 19.0 Å². The molecule has 1 N–H and O–H groups in total. The van der Waals surface area contributed by atoms with Gasteiger partial charge in [-0.15, -0.1) is 0 Å². The molecule has 0 aliphatic heterocycles. The van der Waals surface area contributed by atoms with Crippen LogP contribution in [0.3, 0.4) is 0 Å². The number of allylic oxidation sites excluding steroid dienone is 5. The summed E-state index contributed by atoms with van der Waals surface area (Å²) in [5.74, 6) is -1.07. The second-order valence-corrected chi connectivity index (χ2v) is 16.5. The van der Waals surface area contributed by atoms with Crippen LogP contribution in [0.2, 0.25) is 0 Å². The Morgan fingerprint density at radius 2 is 1.12 bits per heavy atom. The summed E-state index contributed by atoms with van der Waals surface area (Å²) in [6.07, 6.45) is 38.3. The van der Waals surface area contributed by atoms with E-state index >= 15 is 0 Å². The number of phosphoric acid groups is 1. The second kappa shape index (κ2) is 35.0. The van der Waals surface area contributed by atoms with Crippen molar-refractivity contribution in [2.24, 2.45) is 0 Å². The smallest absolute Gasteiger partial charge is 0.462 e. The van der Waals surface area contributed by atoms with Gasteiger partial charge in [-0.3, -0.25) is 13.8 Å². The molecular weight excluding hydrogens is 677 g/mol. The van der Waals surface area contributed by atoms with Crippen molar-refractivity contribution in [3.8, 4) is 0 Å². The van der Waals surface area contributed by atoms with Crippen molar-refractivity contribution in [1.29, 1.82) is 0 Å². The molecule has 0 rings (SSSR count). The number of quaternary nitrogens is 1. The fourth-order valence-corrected chi connectivity index (χ4v) is 6.19. The Labute approximate surface area is 319 Å². The first-order chi connectivity index (χ1) is 25.0. The molecule has 0 saturated heterocycles. The maximum Gasteiger partial charge on any atom is 0.472 e. The van der Waals surface area contributed by atoms with E-state index in [0.29, 0.717) is 17.4 Å². The van der Waals surface area contributed by atoms with Crippen LogP contribution in [0.1, 0.15) is 168 Å². The molecule has 1 unspecified atom stereocenters. The molecule has 0 aromatic heterocycles. The van der Waals surface area contributed by atoms with Crippen molar-refractivity contribution in [3.05, 3.63) is 36.5 Å². The van der Waals surface area contributed by atoms with Gasteiger partial charge >= 0.3 is 19.8 Å². The summed E-state index contributed by atoms with van der Waals surface area (Å²) < 4.78 is 34.0. The third-order valence-electron chi connectivity index (χ3n) is 8.75. The third-order valence-corrected chi connectivity index (χ3v) is 9.73. The zero-order chi connectivity index (χ0) is 38.6. The predicted molar refractivity (Wildman–Crippen MR) is 215 cm³/mol. The van der Waals surface area contributed by atoms with Crippen molar-refractivity contribution in [2.45, 2.75) is 174 Å². The fourth-order valence-electron chi connectivity index (χ4n) is 5.44. The van der Waals surface area contributed by atoms with Gasteiger partial charge in [-0.1, -0.05) is 147 Å². The zero-order valence-electron chi connectivity index (χ0n) is 34.0. The van der Waals surface area contributed by atoms with Gasteiger partial charge in [0.15, 0.2) is 6.10 Å². The van der Waals surface area contributed by atoms with Crippen molar-refractivity contribution >= 4 is 19.8 Å². The zero-order valence-corrected chi connectivity index (χ0v) is 34.9. The highest BCUT2D eigenvalue weighted by atomic mass is 31.2. The number of carbonyl (C=O) groups is 2. The van der Waals surface area contributed by atoms with E-state index in [1.807, 2.05) is 33.3 Å². The minimum Gasteiger partial charge on any atom is -0.462 e. The quantitative estimate of drug-likeness (QED) is 0.0127. The number of rotatable bonds is 37. The molecule has 0 radical (unpaired) electrons. The van der Waals surface area contributed by atoms with E-state index in [0.717, 1.165) is 38.5 Å². The summed E-state index contributed by atoms with van der Waals surface area (Å²) in [7, 11) is 1.41. The van der Waals surface area contributed by atoms with Crippen LogP contribution >= 0.6 is 7.82 Å². The minimum atomic E-state index is -4.40. The molecule has 2 atom stereocenters. The highest BCUT2D eigenvalue weighted by Gasteiger charge is 2.26. The lowest BCUT2D eigenvalue weighted by Crippen LogP contribution is -2.37. The normalized spacial score (nSPS) is 14.0. The van der Waals surface area contributed by atoms with Crippen molar-refractivity contribution in [1.82, 2.24) is 0 Å². The topological polar surface area (TPSA) is 108 Å². The van der Waals surface area contributed by atoms with Gasteiger partial charge in [0.25, 0.3) is 0 Å². The van der Waals surface area contributed by atoms with E-state index in [1.165, 1.54) is 109 Å². The molecule has 0 spiro atoms. The van der Waals surface area contributed by atoms with Crippen LogP contribution < -0.4 is 0 Å². The van der Waals surface area contributed by atoms with Gasteiger partial charge in [-0.05, 0) is 44.9 Å². The average Bonchev–Trinajstić information content (AvgIpc) is 3.09. The first-order valence-electron chi connectivity index (χ1n) is 20.8. The Morgan fingerprint density at radius 3 is 1.63 bits per heavy atom. The highest BCUT2D eigenvalue weighted by Crippen LogP contribution is 2.43. The first-order valence-corrected chi connectivity index (χ1v) is 22.3. The molecule has 0 aliphatic rings. The molecule has 0 amide bonds. The lowest BCUT2D eigenvalue weighted by atomic mass is 10.1. The maximum atomic E-state index is 12.5. The van der Waals surface area contributed by atoms with Crippen LogP contribution in [0.15, 0.2) is 36.5 Å². The van der Waals surface area contributed by atoms with E-state index in [-0.39, 0.29) is 19.6 Å². The van der Waals surface area contributed by atoms with Crippen LogP contribution in [0.5, 0.6) is 0 Å². The Bertz CT molecular complexity index is 991. The first kappa shape index (κ1) is 50.2. The fraction of sp³-hybridized carbons (Fsp3) is 0.810. The largest absolute Gasteiger partial charge is 0.472 e. The standard InChI is InChI=1S/C42H78NO8P/c1-6-8-10-12-14-16-18-20-21-23-25-27-29-31-33-35-42(45)51-40(39-50-52(46,47)49-37-36-43(3,4)5)38-48-41(44)34-32-30-28-26-24-22-19-17-15-13-11-9-7-2/h22,24,29,31,33,35,40H,6-21,23,25-28,30,32,34,36-39H2,1-5H3/p+1/b24-22+,31-29+,35-33+/t40-/m1/s1. The number of nitrogens with zero attached hydrogens (tertiary/aromatic N) is 1. The van der Waals surface area contributed by atoms with Crippen molar-refractivity contribution in [3.63, 3.8) is 0 Å². The van der Waals surface area contributed by atoms with Gasteiger partial charge in [0.1, 0.15) is 19.8 Å².